The fourth-order valence-electron chi connectivity index (χ4n) is 2.00. The Morgan fingerprint density at radius 1 is 1.00 bits per heavy atom. The van der Waals surface area contributed by atoms with E-state index in [-0.39, 0.29) is 0 Å². The molecule has 0 nitrogen and oxygen atoms in total. The predicted molar refractivity (Wildman–Crippen MR) is 51.1 cm³/mol. The van der Waals surface area contributed by atoms with E-state index in [0.717, 1.165) is 11.8 Å². The minimum absolute atomic E-state index is 0.852. The second-order valence-electron chi connectivity index (χ2n) is 3.69. The summed E-state index contributed by atoms with van der Waals surface area (Å²) in [5, 5.41) is 0. The van der Waals surface area contributed by atoms with Crippen LogP contribution in [-0.2, 0) is 0 Å². The van der Waals surface area contributed by atoms with Gasteiger partial charge in [0.1, 0.15) is 0 Å². The average Bonchev–Trinajstić information content (AvgIpc) is 2.50. The van der Waals surface area contributed by atoms with Crippen molar-refractivity contribution in [2.24, 2.45) is 5.92 Å². The molecule has 0 amide bonds. The van der Waals surface area contributed by atoms with Gasteiger partial charge in [0.05, 0.1) is 0 Å². The first-order valence-corrected chi connectivity index (χ1v) is 5.53. The molecule has 0 saturated heterocycles. The molecule has 0 aromatic heterocycles. The molecule has 0 radical (unpaired) electrons. The second kappa shape index (κ2) is 5.88. The molecule has 0 aromatic rings. The van der Waals surface area contributed by atoms with Gasteiger partial charge in [0, 0.05) is 5.88 Å². The highest BCUT2D eigenvalue weighted by Gasteiger charge is 2.13. The van der Waals surface area contributed by atoms with E-state index in [2.05, 4.69) is 0 Å². The van der Waals surface area contributed by atoms with Gasteiger partial charge in [-0.2, -0.15) is 0 Å². The number of halogens is 1. The van der Waals surface area contributed by atoms with Crippen LogP contribution in [0.2, 0.25) is 0 Å². The third-order valence-corrected chi connectivity index (χ3v) is 2.99. The molecule has 0 unspecified atom stereocenters. The molecule has 1 saturated carbocycles. The molecule has 0 atom stereocenters. The van der Waals surface area contributed by atoms with Gasteiger partial charge in [0.2, 0.25) is 0 Å². The van der Waals surface area contributed by atoms with E-state index >= 15 is 0 Å². The number of alkyl halides is 1. The first-order valence-electron chi connectivity index (χ1n) is 4.99. The Balaban J connectivity index is 1.86. The molecule has 1 aliphatic carbocycles. The zero-order valence-electron chi connectivity index (χ0n) is 7.32. The summed E-state index contributed by atoms with van der Waals surface area (Å²) in [6.07, 6.45) is 11.4. The van der Waals surface area contributed by atoms with Crippen molar-refractivity contribution < 1.29 is 0 Å². The van der Waals surface area contributed by atoms with E-state index in [0.29, 0.717) is 0 Å². The fourth-order valence-corrected chi connectivity index (χ4v) is 2.19. The van der Waals surface area contributed by atoms with Crippen molar-refractivity contribution in [1.82, 2.24) is 0 Å². The molecule has 0 aliphatic heterocycles. The van der Waals surface area contributed by atoms with Gasteiger partial charge in [-0.05, 0) is 12.3 Å². The van der Waals surface area contributed by atoms with Gasteiger partial charge in [-0.1, -0.05) is 44.9 Å². The van der Waals surface area contributed by atoms with Crippen molar-refractivity contribution in [2.45, 2.75) is 51.4 Å². The largest absolute Gasteiger partial charge is 0.127 e. The van der Waals surface area contributed by atoms with Crippen molar-refractivity contribution in [3.8, 4) is 0 Å². The maximum Gasteiger partial charge on any atom is 0.0223 e. The zero-order chi connectivity index (χ0) is 7.94. The Hall–Kier alpha value is 0.290. The highest BCUT2D eigenvalue weighted by Crippen LogP contribution is 2.28. The minimum atomic E-state index is 0.852. The van der Waals surface area contributed by atoms with E-state index in [1.54, 1.807) is 0 Å². The SMILES string of the molecule is ClCCCCCC1CCCC1. The summed E-state index contributed by atoms with van der Waals surface area (Å²) in [7, 11) is 0. The van der Waals surface area contributed by atoms with Crippen LogP contribution in [0.4, 0.5) is 0 Å². The maximum atomic E-state index is 5.60. The van der Waals surface area contributed by atoms with Gasteiger partial charge in [0.15, 0.2) is 0 Å². The van der Waals surface area contributed by atoms with Crippen LogP contribution in [0.5, 0.6) is 0 Å². The molecule has 0 N–H and O–H groups in total. The van der Waals surface area contributed by atoms with Gasteiger partial charge >= 0.3 is 0 Å². The Kier molecular flexibility index (Phi) is 5.01. The zero-order valence-corrected chi connectivity index (χ0v) is 8.08. The summed E-state index contributed by atoms with van der Waals surface area (Å²) in [6.45, 7) is 0. The van der Waals surface area contributed by atoms with Gasteiger partial charge in [-0.25, -0.2) is 0 Å². The first kappa shape index (κ1) is 9.38. The smallest absolute Gasteiger partial charge is 0.0223 e. The first-order chi connectivity index (χ1) is 5.43. The van der Waals surface area contributed by atoms with Crippen LogP contribution in [0.3, 0.4) is 0 Å². The monoisotopic (exact) mass is 174 g/mol. The van der Waals surface area contributed by atoms with Crippen molar-refractivity contribution in [2.75, 3.05) is 5.88 Å². The minimum Gasteiger partial charge on any atom is -0.127 e. The van der Waals surface area contributed by atoms with E-state index < -0.39 is 0 Å². The van der Waals surface area contributed by atoms with Crippen molar-refractivity contribution in [3.05, 3.63) is 0 Å². The lowest BCUT2D eigenvalue weighted by Crippen LogP contribution is -1.92. The summed E-state index contributed by atoms with van der Waals surface area (Å²) in [4.78, 5) is 0. The summed E-state index contributed by atoms with van der Waals surface area (Å²) < 4.78 is 0. The van der Waals surface area contributed by atoms with Gasteiger partial charge in [-0.15, -0.1) is 11.6 Å². The van der Waals surface area contributed by atoms with Crippen LogP contribution in [0.1, 0.15) is 51.4 Å². The Morgan fingerprint density at radius 2 is 1.73 bits per heavy atom. The van der Waals surface area contributed by atoms with Crippen LogP contribution >= 0.6 is 11.6 Å². The molecule has 1 rings (SSSR count). The topological polar surface area (TPSA) is 0 Å². The third kappa shape index (κ3) is 4.00. The predicted octanol–water partition coefficient (Wildman–Crippen LogP) is 3.98. The number of rotatable bonds is 5. The maximum absolute atomic E-state index is 5.60. The highest BCUT2D eigenvalue weighted by atomic mass is 35.5. The Bertz CT molecular complexity index is 84.9. The number of hydrogen-bond acceptors (Lipinski definition) is 0. The highest BCUT2D eigenvalue weighted by molar-refractivity contribution is 6.17. The van der Waals surface area contributed by atoms with Crippen molar-refractivity contribution >= 4 is 11.6 Å². The van der Waals surface area contributed by atoms with Crippen LogP contribution in [-0.4, -0.2) is 5.88 Å². The third-order valence-electron chi connectivity index (χ3n) is 2.72. The van der Waals surface area contributed by atoms with E-state index in [1.807, 2.05) is 0 Å². The van der Waals surface area contributed by atoms with Gasteiger partial charge in [-0.3, -0.25) is 0 Å². The summed E-state index contributed by atoms with van der Waals surface area (Å²) in [6, 6.07) is 0. The van der Waals surface area contributed by atoms with Crippen LogP contribution in [0.25, 0.3) is 0 Å². The molecule has 0 aromatic carbocycles. The van der Waals surface area contributed by atoms with E-state index in [4.69, 9.17) is 11.6 Å². The molecule has 0 spiro atoms. The normalized spacial score (nSPS) is 19.4. The summed E-state index contributed by atoms with van der Waals surface area (Å²) >= 11 is 5.60. The molecular formula is C10H19Cl. The molecule has 1 aliphatic rings. The second-order valence-corrected chi connectivity index (χ2v) is 4.07. The van der Waals surface area contributed by atoms with Crippen LogP contribution < -0.4 is 0 Å². The van der Waals surface area contributed by atoms with E-state index in [9.17, 15) is 0 Å². The summed E-state index contributed by atoms with van der Waals surface area (Å²) in [5.41, 5.74) is 0. The Labute approximate surface area is 75.3 Å². The lowest BCUT2D eigenvalue weighted by Gasteiger charge is -2.06. The summed E-state index contributed by atoms with van der Waals surface area (Å²) in [5.74, 6) is 1.93. The quantitative estimate of drug-likeness (QED) is 0.437. The van der Waals surface area contributed by atoms with Crippen LogP contribution in [0, 0.1) is 5.92 Å². The molecule has 1 fully saturated rings. The lowest BCUT2D eigenvalue weighted by atomic mass is 10.0. The Morgan fingerprint density at radius 3 is 2.36 bits per heavy atom. The molecule has 1 heteroatoms. The van der Waals surface area contributed by atoms with Crippen molar-refractivity contribution in [3.63, 3.8) is 0 Å². The fraction of sp³-hybridized carbons (Fsp3) is 1.00. The number of hydrogen-bond donors (Lipinski definition) is 0. The molecular weight excluding hydrogens is 156 g/mol. The molecule has 66 valence electrons. The average molecular weight is 175 g/mol. The van der Waals surface area contributed by atoms with Crippen LogP contribution in [0.15, 0.2) is 0 Å². The molecule has 0 heterocycles. The lowest BCUT2D eigenvalue weighted by molar-refractivity contribution is 0.472. The van der Waals surface area contributed by atoms with Gasteiger partial charge < -0.3 is 0 Å². The van der Waals surface area contributed by atoms with Crippen molar-refractivity contribution in [1.29, 1.82) is 0 Å². The van der Waals surface area contributed by atoms with E-state index in [1.165, 1.54) is 51.4 Å². The van der Waals surface area contributed by atoms with Gasteiger partial charge in [0.25, 0.3) is 0 Å². The molecule has 11 heavy (non-hydrogen) atoms. The number of unbranched alkanes of at least 4 members (excludes halogenated alkanes) is 2. The molecule has 0 bridgehead atoms. The standard InChI is InChI=1S/C10H19Cl/c11-9-5-1-2-6-10-7-3-4-8-10/h10H,1-9H2.